The number of alkyl halides is 1. The molecule has 2 aromatic rings. The summed E-state index contributed by atoms with van der Waals surface area (Å²) in [5.74, 6) is 1.37. The summed E-state index contributed by atoms with van der Waals surface area (Å²) in [5, 5.41) is 2.57. The van der Waals surface area contributed by atoms with Gasteiger partial charge >= 0.3 is 0 Å². The maximum Gasteiger partial charge on any atom is 0.251 e. The van der Waals surface area contributed by atoms with Crippen molar-refractivity contribution in [3.8, 4) is 11.3 Å². The molecule has 1 aromatic heterocycles. The number of hydrogen-bond acceptors (Lipinski definition) is 3. The highest BCUT2D eigenvalue weighted by Crippen LogP contribution is 2.29. The molecule has 0 atom stereocenters. The van der Waals surface area contributed by atoms with Crippen molar-refractivity contribution in [3.63, 3.8) is 0 Å². The summed E-state index contributed by atoms with van der Waals surface area (Å²) in [7, 11) is 0. The van der Waals surface area contributed by atoms with Crippen molar-refractivity contribution in [1.29, 1.82) is 0 Å². The lowest BCUT2D eigenvalue weighted by molar-refractivity contribution is 0.0607. The van der Waals surface area contributed by atoms with E-state index in [1.807, 2.05) is 18.2 Å². The number of hydrogen-bond donors (Lipinski definition) is 1. The van der Waals surface area contributed by atoms with Crippen molar-refractivity contribution in [3.05, 3.63) is 41.9 Å². The lowest BCUT2D eigenvalue weighted by atomic mass is 9.94. The molecule has 5 nitrogen and oxygen atoms in total. The van der Waals surface area contributed by atoms with Gasteiger partial charge in [0.05, 0.1) is 5.69 Å². The van der Waals surface area contributed by atoms with Gasteiger partial charge in [-0.1, -0.05) is 32.9 Å². The van der Waals surface area contributed by atoms with E-state index in [1.54, 1.807) is 6.07 Å². The van der Waals surface area contributed by atoms with Crippen LogP contribution in [-0.2, 0) is 16.7 Å². The summed E-state index contributed by atoms with van der Waals surface area (Å²) >= 11 is 0. The minimum atomic E-state index is -0.572. The summed E-state index contributed by atoms with van der Waals surface area (Å²) < 4.78 is 20.1. The van der Waals surface area contributed by atoms with E-state index in [0.717, 1.165) is 49.7 Å². The predicted octanol–water partition coefficient (Wildman–Crippen LogP) is 3.97. The number of nitrogens with one attached hydrogen (secondary N) is 1. The zero-order chi connectivity index (χ0) is 20.1. The molecule has 1 fully saturated rings. The van der Waals surface area contributed by atoms with Crippen LogP contribution in [0.4, 0.5) is 4.39 Å². The van der Waals surface area contributed by atoms with Crippen LogP contribution in [0.2, 0.25) is 0 Å². The lowest BCUT2D eigenvalue weighted by Gasteiger charge is -2.25. The van der Waals surface area contributed by atoms with E-state index in [0.29, 0.717) is 11.5 Å². The maximum atomic E-state index is 12.3. The quantitative estimate of drug-likeness (QED) is 0.816. The molecule has 152 valence electrons. The van der Waals surface area contributed by atoms with Crippen molar-refractivity contribution in [2.75, 3.05) is 26.4 Å². The lowest BCUT2D eigenvalue weighted by Crippen LogP contribution is -2.25. The van der Waals surface area contributed by atoms with E-state index in [4.69, 9.17) is 9.72 Å². The first-order valence-corrected chi connectivity index (χ1v) is 9.98. The van der Waals surface area contributed by atoms with Crippen molar-refractivity contribution in [1.82, 2.24) is 14.9 Å². The summed E-state index contributed by atoms with van der Waals surface area (Å²) in [6.45, 7) is 8.54. The summed E-state index contributed by atoms with van der Waals surface area (Å²) in [6, 6.07) is 7.36. The molecule has 28 heavy (non-hydrogen) atoms. The number of imidazole rings is 1. The van der Waals surface area contributed by atoms with Gasteiger partial charge in [-0.15, -0.1) is 0 Å². The van der Waals surface area contributed by atoms with Gasteiger partial charge in [0.25, 0.3) is 5.91 Å². The molecule has 1 saturated heterocycles. The number of benzene rings is 1. The Labute approximate surface area is 166 Å². The molecule has 1 N–H and O–H groups in total. The van der Waals surface area contributed by atoms with E-state index in [1.165, 1.54) is 0 Å². The van der Waals surface area contributed by atoms with E-state index in [-0.39, 0.29) is 17.9 Å². The third-order valence-corrected chi connectivity index (χ3v) is 5.04. The minimum absolute atomic E-state index is 0.0248. The second kappa shape index (κ2) is 8.86. The molecule has 0 unspecified atom stereocenters. The monoisotopic (exact) mass is 387 g/mol. The van der Waals surface area contributed by atoms with Crippen LogP contribution in [0.1, 0.15) is 49.8 Å². The first kappa shape index (κ1) is 20.5. The Balaban J connectivity index is 1.88. The summed E-state index contributed by atoms with van der Waals surface area (Å²) in [4.78, 5) is 17.1. The molecule has 2 heterocycles. The van der Waals surface area contributed by atoms with Gasteiger partial charge in [-0.3, -0.25) is 4.79 Å². The first-order valence-electron chi connectivity index (χ1n) is 9.98. The Hall–Kier alpha value is -2.21. The van der Waals surface area contributed by atoms with Crippen molar-refractivity contribution in [2.45, 2.75) is 45.6 Å². The zero-order valence-corrected chi connectivity index (χ0v) is 17.0. The Bertz CT molecular complexity index is 804. The van der Waals surface area contributed by atoms with Crippen LogP contribution in [-0.4, -0.2) is 41.9 Å². The molecule has 3 rings (SSSR count). The molecule has 0 aliphatic carbocycles. The second-order valence-corrected chi connectivity index (χ2v) is 8.43. The van der Waals surface area contributed by atoms with Gasteiger partial charge in [0.1, 0.15) is 12.5 Å². The van der Waals surface area contributed by atoms with Crippen molar-refractivity contribution >= 4 is 5.91 Å². The van der Waals surface area contributed by atoms with Crippen LogP contribution >= 0.6 is 0 Å². The number of nitrogens with zero attached hydrogens (tertiary/aromatic N) is 2. The van der Waals surface area contributed by atoms with E-state index in [2.05, 4.69) is 36.9 Å². The van der Waals surface area contributed by atoms with Gasteiger partial charge < -0.3 is 14.6 Å². The average molecular weight is 387 g/mol. The highest BCUT2D eigenvalue weighted by atomic mass is 19.1. The SMILES string of the molecule is CC(C)(C)c1nc(-c2cccc(C(=O)NCCF)c2)cn1CC1CCOCC1. The predicted molar refractivity (Wildman–Crippen MR) is 108 cm³/mol. The van der Waals surface area contributed by atoms with Crippen LogP contribution in [0.3, 0.4) is 0 Å². The smallest absolute Gasteiger partial charge is 0.251 e. The molecule has 0 bridgehead atoms. The Kier molecular flexibility index (Phi) is 6.50. The highest BCUT2D eigenvalue weighted by molar-refractivity contribution is 5.95. The van der Waals surface area contributed by atoms with Crippen molar-refractivity contribution in [2.24, 2.45) is 5.92 Å². The normalized spacial score (nSPS) is 15.6. The van der Waals surface area contributed by atoms with E-state index >= 15 is 0 Å². The molecule has 1 aliphatic rings. The van der Waals surface area contributed by atoms with Crippen LogP contribution in [0, 0.1) is 5.92 Å². The van der Waals surface area contributed by atoms with Gasteiger partial charge in [0.2, 0.25) is 0 Å². The molecule has 0 spiro atoms. The fourth-order valence-electron chi connectivity index (χ4n) is 3.58. The zero-order valence-electron chi connectivity index (χ0n) is 17.0. The number of carbonyl (C=O) groups is 1. The molecule has 1 aliphatic heterocycles. The van der Waals surface area contributed by atoms with Gasteiger partial charge in [0, 0.05) is 49.0 Å². The summed E-state index contributed by atoms with van der Waals surface area (Å²) in [5.41, 5.74) is 2.18. The molecule has 1 amide bonds. The Morgan fingerprint density at radius 3 is 2.75 bits per heavy atom. The topological polar surface area (TPSA) is 56.2 Å². The first-order chi connectivity index (χ1) is 13.4. The number of ether oxygens (including phenoxy) is 1. The molecule has 0 radical (unpaired) electrons. The van der Waals surface area contributed by atoms with E-state index < -0.39 is 6.67 Å². The van der Waals surface area contributed by atoms with Gasteiger partial charge in [-0.2, -0.15) is 0 Å². The number of halogens is 1. The van der Waals surface area contributed by atoms with Crippen LogP contribution in [0.25, 0.3) is 11.3 Å². The third-order valence-electron chi connectivity index (χ3n) is 5.04. The Morgan fingerprint density at radius 1 is 1.32 bits per heavy atom. The fraction of sp³-hybridized carbons (Fsp3) is 0.545. The van der Waals surface area contributed by atoms with Gasteiger partial charge in [-0.05, 0) is 30.9 Å². The standard InChI is InChI=1S/C22H30FN3O2/c1-22(2,3)21-25-19(15-26(21)14-16-7-11-28-12-8-16)17-5-4-6-18(13-17)20(27)24-10-9-23/h4-6,13,15-16H,7-12,14H2,1-3H3,(H,24,27). The minimum Gasteiger partial charge on any atom is -0.381 e. The molecular weight excluding hydrogens is 357 g/mol. The fourth-order valence-corrected chi connectivity index (χ4v) is 3.58. The molecule has 0 saturated carbocycles. The molecular formula is C22H30FN3O2. The second-order valence-electron chi connectivity index (χ2n) is 8.43. The number of carbonyl (C=O) groups excluding carboxylic acids is 1. The largest absolute Gasteiger partial charge is 0.381 e. The summed E-state index contributed by atoms with van der Waals surface area (Å²) in [6.07, 6.45) is 4.23. The molecule has 6 heteroatoms. The van der Waals surface area contributed by atoms with E-state index in [9.17, 15) is 9.18 Å². The number of rotatable bonds is 6. The third kappa shape index (κ3) is 4.98. The van der Waals surface area contributed by atoms with Crippen LogP contribution in [0.15, 0.2) is 30.5 Å². The van der Waals surface area contributed by atoms with Gasteiger partial charge in [0.15, 0.2) is 0 Å². The maximum absolute atomic E-state index is 12.3. The number of aromatic nitrogens is 2. The van der Waals surface area contributed by atoms with Crippen molar-refractivity contribution < 1.29 is 13.9 Å². The van der Waals surface area contributed by atoms with Gasteiger partial charge in [-0.25, -0.2) is 9.37 Å². The van der Waals surface area contributed by atoms with Crippen LogP contribution < -0.4 is 5.32 Å². The molecule has 1 aromatic carbocycles. The number of amides is 1. The highest BCUT2D eigenvalue weighted by Gasteiger charge is 2.24. The Morgan fingerprint density at radius 2 is 2.07 bits per heavy atom. The van der Waals surface area contributed by atoms with Crippen LogP contribution in [0.5, 0.6) is 0 Å². The average Bonchev–Trinajstić information content (AvgIpc) is 3.11.